The van der Waals surface area contributed by atoms with Gasteiger partial charge in [0.05, 0.1) is 6.61 Å². The van der Waals surface area contributed by atoms with Crippen LogP contribution in [0.25, 0.3) is 0 Å². The third-order valence-corrected chi connectivity index (χ3v) is 3.18. The molecule has 0 aromatic rings. The van der Waals surface area contributed by atoms with Crippen molar-refractivity contribution in [3.63, 3.8) is 0 Å². The first-order chi connectivity index (χ1) is 9.81. The Kier molecular flexibility index (Phi) is 14.5. The average Bonchev–Trinajstić information content (AvgIpc) is 2.45. The number of terminal acetylenes is 2. The molecule has 0 aromatic carbocycles. The molecule has 0 amide bonds. The number of ether oxygens (including phenoxy) is 1. The van der Waals surface area contributed by atoms with Gasteiger partial charge in [-0.2, -0.15) is 0 Å². The highest BCUT2D eigenvalue weighted by atomic mass is 16.5. The SMILES string of the molecule is C#CCCCCCCCOC(=O)CCCCCCC#C. The summed E-state index contributed by atoms with van der Waals surface area (Å²) in [5.74, 6) is 5.20. The summed E-state index contributed by atoms with van der Waals surface area (Å²) in [4.78, 5) is 11.4. The molecule has 0 rings (SSSR count). The normalized spacial score (nSPS) is 9.70. The molecular formula is C18H28O2. The molecule has 0 atom stereocenters. The largest absolute Gasteiger partial charge is 0.466 e. The number of rotatable bonds is 13. The molecule has 0 saturated carbocycles. The van der Waals surface area contributed by atoms with E-state index >= 15 is 0 Å². The lowest BCUT2D eigenvalue weighted by Gasteiger charge is -2.04. The second-order valence-corrected chi connectivity index (χ2v) is 5.06. The van der Waals surface area contributed by atoms with Crippen molar-refractivity contribution in [3.05, 3.63) is 0 Å². The van der Waals surface area contributed by atoms with Crippen molar-refractivity contribution in [1.29, 1.82) is 0 Å². The lowest BCUT2D eigenvalue weighted by Crippen LogP contribution is -2.05. The fourth-order valence-corrected chi connectivity index (χ4v) is 1.97. The summed E-state index contributed by atoms with van der Waals surface area (Å²) in [6, 6.07) is 0. The molecule has 2 heteroatoms. The maximum atomic E-state index is 11.4. The Bertz CT molecular complexity index is 306. The highest BCUT2D eigenvalue weighted by Gasteiger charge is 2.02. The molecule has 0 saturated heterocycles. The highest BCUT2D eigenvalue weighted by Crippen LogP contribution is 2.07. The van der Waals surface area contributed by atoms with Crippen LogP contribution < -0.4 is 0 Å². The van der Waals surface area contributed by atoms with Crippen molar-refractivity contribution in [2.75, 3.05) is 6.61 Å². The zero-order valence-corrected chi connectivity index (χ0v) is 12.7. The van der Waals surface area contributed by atoms with Gasteiger partial charge in [0.25, 0.3) is 0 Å². The van der Waals surface area contributed by atoms with Crippen LogP contribution in [0.5, 0.6) is 0 Å². The zero-order chi connectivity index (χ0) is 14.9. The van der Waals surface area contributed by atoms with Crippen molar-refractivity contribution in [1.82, 2.24) is 0 Å². The van der Waals surface area contributed by atoms with E-state index in [1.54, 1.807) is 0 Å². The van der Waals surface area contributed by atoms with E-state index in [0.29, 0.717) is 13.0 Å². The van der Waals surface area contributed by atoms with E-state index in [-0.39, 0.29) is 5.97 Å². The Labute approximate surface area is 124 Å². The van der Waals surface area contributed by atoms with Gasteiger partial charge in [-0.3, -0.25) is 4.79 Å². The molecule has 0 radical (unpaired) electrons. The van der Waals surface area contributed by atoms with E-state index < -0.39 is 0 Å². The predicted molar refractivity (Wildman–Crippen MR) is 84.0 cm³/mol. The molecular weight excluding hydrogens is 248 g/mol. The number of carbonyl (C=O) groups is 1. The van der Waals surface area contributed by atoms with Gasteiger partial charge in [0.2, 0.25) is 0 Å². The third-order valence-electron chi connectivity index (χ3n) is 3.18. The van der Waals surface area contributed by atoms with E-state index in [0.717, 1.165) is 57.8 Å². The number of esters is 1. The fraction of sp³-hybridized carbons (Fsp3) is 0.722. The smallest absolute Gasteiger partial charge is 0.305 e. The predicted octanol–water partition coefficient (Wildman–Crippen LogP) is 4.48. The highest BCUT2D eigenvalue weighted by molar-refractivity contribution is 5.69. The lowest BCUT2D eigenvalue weighted by atomic mass is 10.1. The van der Waals surface area contributed by atoms with Crippen molar-refractivity contribution >= 4 is 5.97 Å². The van der Waals surface area contributed by atoms with E-state index in [9.17, 15) is 4.79 Å². The number of hydrogen-bond acceptors (Lipinski definition) is 2. The molecule has 0 bridgehead atoms. The zero-order valence-electron chi connectivity index (χ0n) is 12.7. The molecule has 0 N–H and O–H groups in total. The molecule has 0 aliphatic rings. The molecule has 0 fully saturated rings. The van der Waals surface area contributed by atoms with Gasteiger partial charge in [-0.15, -0.1) is 24.7 Å². The van der Waals surface area contributed by atoms with Gasteiger partial charge in [-0.25, -0.2) is 0 Å². The van der Waals surface area contributed by atoms with Crippen LogP contribution in [0.1, 0.15) is 77.0 Å². The Morgan fingerprint density at radius 3 is 1.85 bits per heavy atom. The molecule has 20 heavy (non-hydrogen) atoms. The topological polar surface area (TPSA) is 26.3 Å². The van der Waals surface area contributed by atoms with Crippen LogP contribution in [-0.4, -0.2) is 12.6 Å². The Hall–Kier alpha value is -1.41. The second-order valence-electron chi connectivity index (χ2n) is 5.06. The van der Waals surface area contributed by atoms with Crippen LogP contribution in [0, 0.1) is 24.7 Å². The fourth-order valence-electron chi connectivity index (χ4n) is 1.97. The first-order valence-corrected chi connectivity index (χ1v) is 7.83. The van der Waals surface area contributed by atoms with Crippen LogP contribution in [0.15, 0.2) is 0 Å². The van der Waals surface area contributed by atoms with Gasteiger partial charge in [-0.1, -0.05) is 32.1 Å². The molecule has 0 spiro atoms. The van der Waals surface area contributed by atoms with Gasteiger partial charge in [0, 0.05) is 19.3 Å². The van der Waals surface area contributed by atoms with Crippen LogP contribution in [0.3, 0.4) is 0 Å². The molecule has 0 aromatic heterocycles. The summed E-state index contributed by atoms with van der Waals surface area (Å²) in [5.41, 5.74) is 0. The number of hydrogen-bond donors (Lipinski definition) is 0. The van der Waals surface area contributed by atoms with Crippen molar-refractivity contribution < 1.29 is 9.53 Å². The van der Waals surface area contributed by atoms with Crippen LogP contribution in [0.2, 0.25) is 0 Å². The summed E-state index contributed by atoms with van der Waals surface area (Å²) >= 11 is 0. The van der Waals surface area contributed by atoms with Gasteiger partial charge in [0.15, 0.2) is 0 Å². The van der Waals surface area contributed by atoms with Gasteiger partial charge >= 0.3 is 5.97 Å². The first kappa shape index (κ1) is 18.6. The summed E-state index contributed by atoms with van der Waals surface area (Å²) in [5, 5.41) is 0. The summed E-state index contributed by atoms with van der Waals surface area (Å²) in [6.45, 7) is 0.561. The van der Waals surface area contributed by atoms with Crippen molar-refractivity contribution in [3.8, 4) is 24.7 Å². The quantitative estimate of drug-likeness (QED) is 0.282. The number of carbonyl (C=O) groups excluding carboxylic acids is 1. The summed E-state index contributed by atoms with van der Waals surface area (Å²) in [7, 11) is 0. The molecule has 0 aliphatic carbocycles. The minimum atomic E-state index is -0.0609. The van der Waals surface area contributed by atoms with E-state index in [1.807, 2.05) is 0 Å². The molecule has 0 unspecified atom stereocenters. The average molecular weight is 276 g/mol. The van der Waals surface area contributed by atoms with Crippen LogP contribution in [-0.2, 0) is 9.53 Å². The Morgan fingerprint density at radius 2 is 1.25 bits per heavy atom. The standard InChI is InChI=1S/C18H28O2/c1-3-5-7-9-11-13-15-17-20-18(19)16-14-12-10-8-6-4-2/h1-2H,5-17H2. The minimum Gasteiger partial charge on any atom is -0.466 e. The first-order valence-electron chi connectivity index (χ1n) is 7.83. The minimum absolute atomic E-state index is 0.0609. The third kappa shape index (κ3) is 14.7. The van der Waals surface area contributed by atoms with Crippen molar-refractivity contribution in [2.24, 2.45) is 0 Å². The maximum absolute atomic E-state index is 11.4. The van der Waals surface area contributed by atoms with E-state index in [2.05, 4.69) is 11.8 Å². The monoisotopic (exact) mass is 276 g/mol. The Balaban J connectivity index is 3.17. The van der Waals surface area contributed by atoms with Crippen LogP contribution >= 0.6 is 0 Å². The van der Waals surface area contributed by atoms with Crippen molar-refractivity contribution in [2.45, 2.75) is 77.0 Å². The molecule has 112 valence electrons. The summed E-state index contributed by atoms with van der Waals surface area (Å²) < 4.78 is 5.19. The van der Waals surface area contributed by atoms with E-state index in [1.165, 1.54) is 12.8 Å². The van der Waals surface area contributed by atoms with Gasteiger partial charge in [0.1, 0.15) is 0 Å². The molecule has 0 heterocycles. The lowest BCUT2D eigenvalue weighted by molar-refractivity contribution is -0.143. The number of unbranched alkanes of at least 4 members (excludes halogenated alkanes) is 9. The van der Waals surface area contributed by atoms with Gasteiger partial charge < -0.3 is 4.74 Å². The second kappa shape index (κ2) is 15.6. The Morgan fingerprint density at radius 1 is 0.750 bits per heavy atom. The molecule has 2 nitrogen and oxygen atoms in total. The van der Waals surface area contributed by atoms with Crippen LogP contribution in [0.4, 0.5) is 0 Å². The van der Waals surface area contributed by atoms with E-state index in [4.69, 9.17) is 17.6 Å². The summed E-state index contributed by atoms with van der Waals surface area (Å²) in [6.07, 6.45) is 22.3. The van der Waals surface area contributed by atoms with Gasteiger partial charge in [-0.05, 0) is 25.7 Å². The maximum Gasteiger partial charge on any atom is 0.305 e. The molecule has 0 aliphatic heterocycles.